The first-order valence-corrected chi connectivity index (χ1v) is 9.92. The van der Waals surface area contributed by atoms with E-state index in [0.29, 0.717) is 11.3 Å². The molecule has 0 saturated carbocycles. The maximum absolute atomic E-state index is 12.3. The van der Waals surface area contributed by atoms with E-state index in [0.717, 1.165) is 40.9 Å². The highest BCUT2D eigenvalue weighted by molar-refractivity contribution is 5.98. The molecule has 1 aliphatic rings. The lowest BCUT2D eigenvalue weighted by atomic mass is 10.1. The summed E-state index contributed by atoms with van der Waals surface area (Å²) in [6, 6.07) is 13.1. The van der Waals surface area contributed by atoms with Gasteiger partial charge in [0.25, 0.3) is 5.91 Å². The van der Waals surface area contributed by atoms with Gasteiger partial charge in [-0.25, -0.2) is 4.79 Å². The first-order valence-electron chi connectivity index (χ1n) is 9.92. The Bertz CT molecular complexity index is 1050. The van der Waals surface area contributed by atoms with E-state index < -0.39 is 5.97 Å². The molecule has 2 heterocycles. The summed E-state index contributed by atoms with van der Waals surface area (Å²) in [4.78, 5) is 30.1. The maximum Gasteiger partial charge on any atom is 0.338 e. The van der Waals surface area contributed by atoms with E-state index in [-0.39, 0.29) is 12.5 Å². The first-order chi connectivity index (χ1) is 14.0. The Morgan fingerprint density at radius 3 is 2.52 bits per heavy atom. The van der Waals surface area contributed by atoms with Crippen molar-refractivity contribution in [3.63, 3.8) is 0 Å². The van der Waals surface area contributed by atoms with Crippen molar-refractivity contribution >= 4 is 34.2 Å². The van der Waals surface area contributed by atoms with E-state index in [1.54, 1.807) is 12.1 Å². The number of hydrogen-bond donors (Lipinski definition) is 2. The van der Waals surface area contributed by atoms with Gasteiger partial charge in [0, 0.05) is 41.1 Å². The molecule has 0 aliphatic carbocycles. The van der Waals surface area contributed by atoms with Gasteiger partial charge in [0.05, 0.1) is 5.56 Å². The van der Waals surface area contributed by atoms with E-state index in [2.05, 4.69) is 15.2 Å². The summed E-state index contributed by atoms with van der Waals surface area (Å²) < 4.78 is 5.19. The average molecular weight is 391 g/mol. The highest BCUT2D eigenvalue weighted by Crippen LogP contribution is 2.23. The molecule has 3 aromatic rings. The van der Waals surface area contributed by atoms with Crippen molar-refractivity contribution in [1.29, 1.82) is 0 Å². The average Bonchev–Trinajstić information content (AvgIpc) is 3.35. The molecule has 0 unspecified atom stereocenters. The Hall–Kier alpha value is -3.28. The minimum absolute atomic E-state index is 0.324. The molecule has 1 amide bonds. The van der Waals surface area contributed by atoms with E-state index in [1.807, 2.05) is 44.2 Å². The number of H-pyrrole nitrogens is 1. The Balaban J connectivity index is 1.33. The third-order valence-corrected chi connectivity index (χ3v) is 5.50. The maximum atomic E-state index is 12.3. The number of ether oxygens (including phenoxy) is 1. The molecule has 4 rings (SSSR count). The van der Waals surface area contributed by atoms with Crippen LogP contribution in [0.15, 0.2) is 42.5 Å². The summed E-state index contributed by atoms with van der Waals surface area (Å²) in [5.41, 5.74) is 5.44. The Labute approximate surface area is 169 Å². The van der Waals surface area contributed by atoms with Crippen molar-refractivity contribution in [2.24, 2.45) is 0 Å². The second-order valence-corrected chi connectivity index (χ2v) is 7.50. The Morgan fingerprint density at radius 1 is 1.07 bits per heavy atom. The standard InChI is InChI=1S/C23H25N3O3/c1-15-16(2)24-21-10-5-17(13-20(15)21)23(28)29-14-22(27)25-18-6-8-19(9-7-18)26-11-3-4-12-26/h5-10,13,24H,3-4,11-12,14H2,1-2H3,(H,25,27). The number of carbonyl (C=O) groups is 2. The molecule has 6 nitrogen and oxygen atoms in total. The number of benzene rings is 2. The predicted molar refractivity (Wildman–Crippen MR) is 115 cm³/mol. The van der Waals surface area contributed by atoms with Crippen molar-refractivity contribution in [3.05, 3.63) is 59.3 Å². The molecule has 29 heavy (non-hydrogen) atoms. The zero-order chi connectivity index (χ0) is 20.4. The van der Waals surface area contributed by atoms with Gasteiger partial charge in [0.2, 0.25) is 0 Å². The van der Waals surface area contributed by atoms with Crippen molar-refractivity contribution in [1.82, 2.24) is 4.98 Å². The number of anilines is 2. The fourth-order valence-electron chi connectivity index (χ4n) is 3.73. The van der Waals surface area contributed by atoms with Gasteiger partial charge in [-0.1, -0.05) is 0 Å². The van der Waals surface area contributed by atoms with Crippen LogP contribution in [0.3, 0.4) is 0 Å². The monoisotopic (exact) mass is 391 g/mol. The van der Waals surface area contributed by atoms with Gasteiger partial charge in [-0.15, -0.1) is 0 Å². The highest BCUT2D eigenvalue weighted by Gasteiger charge is 2.14. The topological polar surface area (TPSA) is 74.4 Å². The smallest absolute Gasteiger partial charge is 0.338 e. The summed E-state index contributed by atoms with van der Waals surface area (Å²) in [7, 11) is 0. The summed E-state index contributed by atoms with van der Waals surface area (Å²) >= 11 is 0. The largest absolute Gasteiger partial charge is 0.452 e. The number of amides is 1. The number of esters is 1. The molecule has 0 spiro atoms. The fourth-order valence-corrected chi connectivity index (χ4v) is 3.73. The Morgan fingerprint density at radius 2 is 1.79 bits per heavy atom. The van der Waals surface area contributed by atoms with E-state index in [9.17, 15) is 9.59 Å². The van der Waals surface area contributed by atoms with Crippen LogP contribution in [0.2, 0.25) is 0 Å². The molecule has 0 bridgehead atoms. The minimum atomic E-state index is -0.510. The number of aromatic amines is 1. The number of hydrogen-bond acceptors (Lipinski definition) is 4. The number of nitrogens with one attached hydrogen (secondary N) is 2. The van der Waals surface area contributed by atoms with Crippen LogP contribution in [0.4, 0.5) is 11.4 Å². The molecule has 2 aromatic carbocycles. The number of aromatic nitrogens is 1. The van der Waals surface area contributed by atoms with Crippen LogP contribution in [0.25, 0.3) is 10.9 Å². The van der Waals surface area contributed by atoms with Gasteiger partial charge in [0.1, 0.15) is 0 Å². The number of carbonyl (C=O) groups excluding carboxylic acids is 2. The van der Waals surface area contributed by atoms with Gasteiger partial charge in [-0.05, 0) is 74.7 Å². The predicted octanol–water partition coefficient (Wildman–Crippen LogP) is 4.18. The minimum Gasteiger partial charge on any atom is -0.452 e. The van der Waals surface area contributed by atoms with Crippen molar-refractivity contribution < 1.29 is 14.3 Å². The lowest BCUT2D eigenvalue weighted by molar-refractivity contribution is -0.119. The second-order valence-electron chi connectivity index (χ2n) is 7.50. The van der Waals surface area contributed by atoms with E-state index in [4.69, 9.17) is 4.74 Å². The molecular formula is C23H25N3O3. The molecule has 2 N–H and O–H groups in total. The third-order valence-electron chi connectivity index (χ3n) is 5.50. The van der Waals surface area contributed by atoms with Crippen LogP contribution in [-0.4, -0.2) is 36.6 Å². The van der Waals surface area contributed by atoms with Gasteiger partial charge in [-0.3, -0.25) is 4.79 Å². The molecule has 150 valence electrons. The zero-order valence-electron chi connectivity index (χ0n) is 16.7. The lowest BCUT2D eigenvalue weighted by Gasteiger charge is -2.17. The summed E-state index contributed by atoms with van der Waals surface area (Å²) in [5.74, 6) is -0.869. The number of fused-ring (bicyclic) bond motifs is 1. The second kappa shape index (κ2) is 7.99. The first kappa shape index (κ1) is 19.1. The molecule has 1 fully saturated rings. The normalized spacial score (nSPS) is 13.7. The van der Waals surface area contributed by atoms with Gasteiger partial charge < -0.3 is 19.9 Å². The van der Waals surface area contributed by atoms with Crippen LogP contribution in [0.1, 0.15) is 34.5 Å². The molecule has 1 saturated heterocycles. The summed E-state index contributed by atoms with van der Waals surface area (Å²) in [6.45, 7) is 5.83. The highest BCUT2D eigenvalue weighted by atomic mass is 16.5. The van der Waals surface area contributed by atoms with Crippen LogP contribution >= 0.6 is 0 Å². The van der Waals surface area contributed by atoms with E-state index in [1.165, 1.54) is 12.8 Å². The van der Waals surface area contributed by atoms with Crippen LogP contribution in [0, 0.1) is 13.8 Å². The quantitative estimate of drug-likeness (QED) is 0.640. The van der Waals surface area contributed by atoms with Crippen molar-refractivity contribution in [2.45, 2.75) is 26.7 Å². The van der Waals surface area contributed by atoms with Crippen LogP contribution < -0.4 is 10.2 Å². The van der Waals surface area contributed by atoms with Gasteiger partial charge in [-0.2, -0.15) is 0 Å². The van der Waals surface area contributed by atoms with Gasteiger partial charge >= 0.3 is 5.97 Å². The molecule has 1 aliphatic heterocycles. The molecular weight excluding hydrogens is 366 g/mol. The van der Waals surface area contributed by atoms with Crippen molar-refractivity contribution in [3.8, 4) is 0 Å². The molecule has 0 atom stereocenters. The number of rotatable bonds is 5. The molecule has 6 heteroatoms. The Kier molecular flexibility index (Phi) is 5.25. The third kappa shape index (κ3) is 4.11. The summed E-state index contributed by atoms with van der Waals surface area (Å²) in [6.07, 6.45) is 2.44. The van der Waals surface area contributed by atoms with Gasteiger partial charge in [0.15, 0.2) is 6.61 Å². The number of nitrogens with zero attached hydrogens (tertiary/aromatic N) is 1. The molecule has 1 aromatic heterocycles. The van der Waals surface area contributed by atoms with Crippen molar-refractivity contribution in [2.75, 3.05) is 29.9 Å². The van der Waals surface area contributed by atoms with Crippen LogP contribution in [-0.2, 0) is 9.53 Å². The lowest BCUT2D eigenvalue weighted by Crippen LogP contribution is -2.21. The fraction of sp³-hybridized carbons (Fsp3) is 0.304. The summed E-state index contributed by atoms with van der Waals surface area (Å²) in [5, 5.41) is 3.75. The molecule has 0 radical (unpaired) electrons. The SMILES string of the molecule is Cc1[nH]c2ccc(C(=O)OCC(=O)Nc3ccc(N4CCCC4)cc3)cc2c1C. The number of aryl methyl sites for hydroxylation is 2. The van der Waals surface area contributed by atoms with Crippen LogP contribution in [0.5, 0.6) is 0 Å². The van der Waals surface area contributed by atoms with E-state index >= 15 is 0 Å². The zero-order valence-corrected chi connectivity index (χ0v) is 16.7.